The minimum atomic E-state index is -0.780. The summed E-state index contributed by atoms with van der Waals surface area (Å²) in [5.74, 6) is 0. The summed E-state index contributed by atoms with van der Waals surface area (Å²) in [6.07, 6.45) is 0.787. The lowest BCUT2D eigenvalue weighted by Gasteiger charge is -2.18. The van der Waals surface area contributed by atoms with E-state index in [9.17, 15) is 4.79 Å². The highest BCUT2D eigenvalue weighted by atomic mass is 16.6. The molecular weight excluding hydrogens is 144 g/mol. The number of carbonyl (C=O) groups excluding carboxylic acids is 1. The van der Waals surface area contributed by atoms with Gasteiger partial charge in [0.25, 0.3) is 0 Å². The summed E-state index contributed by atoms with van der Waals surface area (Å²) in [5, 5.41) is 0. The molecule has 0 radical (unpaired) electrons. The Morgan fingerprint density at radius 2 is 2.27 bits per heavy atom. The maximum absolute atomic E-state index is 10.3. The lowest BCUT2D eigenvalue weighted by atomic mass is 10.2. The molecule has 0 bridgehead atoms. The van der Waals surface area contributed by atoms with Gasteiger partial charge >= 0.3 is 6.09 Å². The molecule has 0 aromatic carbocycles. The predicted octanol–water partition coefficient (Wildman–Crippen LogP) is 0.951. The van der Waals surface area contributed by atoms with Crippen LogP contribution in [0.3, 0.4) is 0 Å². The van der Waals surface area contributed by atoms with E-state index in [-0.39, 0.29) is 0 Å². The van der Waals surface area contributed by atoms with Crippen LogP contribution in [0.4, 0.5) is 4.79 Å². The summed E-state index contributed by atoms with van der Waals surface area (Å²) >= 11 is 0. The van der Waals surface area contributed by atoms with Crippen molar-refractivity contribution in [1.29, 1.82) is 0 Å². The molecule has 0 aromatic heterocycles. The molecule has 0 spiro atoms. The molecule has 64 valence electrons. The van der Waals surface area contributed by atoms with Gasteiger partial charge in [0, 0.05) is 12.8 Å². The van der Waals surface area contributed by atoms with Gasteiger partial charge in [0.05, 0.1) is 0 Å². The van der Waals surface area contributed by atoms with Crippen molar-refractivity contribution in [3.63, 3.8) is 0 Å². The topological polar surface area (TPSA) is 64.7 Å². The zero-order valence-corrected chi connectivity index (χ0v) is 7.13. The van der Waals surface area contributed by atoms with Crippen molar-refractivity contribution in [1.82, 2.24) is 0 Å². The van der Waals surface area contributed by atoms with E-state index in [0.29, 0.717) is 6.54 Å². The number of carbonyl (C=O) groups is 1. The monoisotopic (exact) mass is 158 g/mol. The lowest BCUT2D eigenvalue weighted by molar-refractivity contribution is 0.0956. The van der Waals surface area contributed by atoms with E-state index in [4.69, 9.17) is 10.5 Å². The molecule has 0 unspecified atom stereocenters. The SMILES string of the molecule is CCN=CC(C)(C)OC(N)=O. The van der Waals surface area contributed by atoms with Gasteiger partial charge in [-0.25, -0.2) is 4.79 Å². The number of amides is 1. The second kappa shape index (κ2) is 3.95. The molecule has 11 heavy (non-hydrogen) atoms. The van der Waals surface area contributed by atoms with Gasteiger partial charge in [-0.2, -0.15) is 0 Å². The molecule has 0 rings (SSSR count). The van der Waals surface area contributed by atoms with Crippen molar-refractivity contribution in [2.45, 2.75) is 26.4 Å². The summed E-state index contributed by atoms with van der Waals surface area (Å²) in [6, 6.07) is 0. The zero-order valence-electron chi connectivity index (χ0n) is 7.13. The zero-order chi connectivity index (χ0) is 8.91. The van der Waals surface area contributed by atoms with Gasteiger partial charge in [0.15, 0.2) is 0 Å². The molecule has 0 aliphatic heterocycles. The highest BCUT2D eigenvalue weighted by Gasteiger charge is 2.17. The molecular formula is C7H14N2O2. The van der Waals surface area contributed by atoms with Crippen molar-refractivity contribution in [2.75, 3.05) is 6.54 Å². The van der Waals surface area contributed by atoms with Crippen LogP contribution in [-0.4, -0.2) is 24.5 Å². The first-order chi connectivity index (χ1) is 4.98. The Morgan fingerprint density at radius 1 is 1.73 bits per heavy atom. The fourth-order valence-corrected chi connectivity index (χ4v) is 0.597. The van der Waals surface area contributed by atoms with E-state index >= 15 is 0 Å². The number of hydrogen-bond donors (Lipinski definition) is 1. The van der Waals surface area contributed by atoms with Crippen LogP contribution in [-0.2, 0) is 4.74 Å². The summed E-state index contributed by atoms with van der Waals surface area (Å²) in [7, 11) is 0. The molecule has 0 heterocycles. The van der Waals surface area contributed by atoms with Crippen molar-refractivity contribution in [3.8, 4) is 0 Å². The quantitative estimate of drug-likeness (QED) is 0.621. The van der Waals surface area contributed by atoms with E-state index in [1.54, 1.807) is 20.1 Å². The molecule has 0 aliphatic carbocycles. The molecule has 2 N–H and O–H groups in total. The van der Waals surface area contributed by atoms with Gasteiger partial charge in [-0.05, 0) is 20.8 Å². The van der Waals surface area contributed by atoms with Gasteiger partial charge in [0.2, 0.25) is 0 Å². The molecule has 1 amide bonds. The van der Waals surface area contributed by atoms with Crippen LogP contribution in [0.2, 0.25) is 0 Å². The van der Waals surface area contributed by atoms with E-state index in [1.165, 1.54) is 0 Å². The van der Waals surface area contributed by atoms with Crippen LogP contribution >= 0.6 is 0 Å². The van der Waals surface area contributed by atoms with E-state index < -0.39 is 11.7 Å². The normalized spacial score (nSPS) is 11.9. The highest BCUT2D eigenvalue weighted by Crippen LogP contribution is 2.04. The summed E-state index contributed by atoms with van der Waals surface area (Å²) in [5.41, 5.74) is 4.13. The second-order valence-electron chi connectivity index (χ2n) is 2.65. The van der Waals surface area contributed by atoms with Crippen LogP contribution in [0, 0.1) is 0 Å². The van der Waals surface area contributed by atoms with Crippen LogP contribution < -0.4 is 5.73 Å². The third kappa shape index (κ3) is 5.39. The number of ether oxygens (including phenoxy) is 1. The standard InChI is InChI=1S/C7H14N2O2/c1-4-9-5-7(2,3)11-6(8)10/h5H,4H2,1-3H3,(H2,8,10). The predicted molar refractivity (Wildman–Crippen MR) is 43.8 cm³/mol. The molecule has 0 saturated heterocycles. The first-order valence-electron chi connectivity index (χ1n) is 3.47. The Labute approximate surface area is 66.4 Å². The minimum absolute atomic E-state index is 0.672. The van der Waals surface area contributed by atoms with Gasteiger partial charge in [0.1, 0.15) is 5.60 Å². The molecule has 0 saturated carbocycles. The summed E-state index contributed by atoms with van der Waals surface area (Å²) < 4.78 is 4.73. The number of nitrogens with two attached hydrogens (primary N) is 1. The van der Waals surface area contributed by atoms with Crippen LogP contribution in [0.1, 0.15) is 20.8 Å². The van der Waals surface area contributed by atoms with Gasteiger partial charge in [-0.3, -0.25) is 4.99 Å². The molecule has 4 nitrogen and oxygen atoms in total. The first-order valence-corrected chi connectivity index (χ1v) is 3.47. The van der Waals surface area contributed by atoms with E-state index in [0.717, 1.165) is 0 Å². The van der Waals surface area contributed by atoms with Crippen LogP contribution in [0.15, 0.2) is 4.99 Å². The number of primary amides is 1. The van der Waals surface area contributed by atoms with Crippen molar-refractivity contribution in [2.24, 2.45) is 10.7 Å². The summed E-state index contributed by atoms with van der Waals surface area (Å²) in [4.78, 5) is 14.3. The number of hydrogen-bond acceptors (Lipinski definition) is 3. The second-order valence-corrected chi connectivity index (χ2v) is 2.65. The van der Waals surface area contributed by atoms with Crippen molar-refractivity contribution < 1.29 is 9.53 Å². The number of nitrogens with zero attached hydrogens (tertiary/aromatic N) is 1. The average molecular weight is 158 g/mol. The fraction of sp³-hybridized carbons (Fsp3) is 0.714. The van der Waals surface area contributed by atoms with Crippen LogP contribution in [0.25, 0.3) is 0 Å². The Kier molecular flexibility index (Phi) is 3.57. The Hall–Kier alpha value is -1.06. The maximum Gasteiger partial charge on any atom is 0.405 e. The molecule has 0 aliphatic rings. The Morgan fingerprint density at radius 3 is 2.64 bits per heavy atom. The molecule has 0 aromatic rings. The largest absolute Gasteiger partial charge is 0.438 e. The highest BCUT2D eigenvalue weighted by molar-refractivity contribution is 5.74. The van der Waals surface area contributed by atoms with E-state index in [2.05, 4.69) is 4.99 Å². The third-order valence-corrected chi connectivity index (χ3v) is 0.948. The molecule has 0 atom stereocenters. The number of aliphatic imine (C=N–C) groups is 1. The maximum atomic E-state index is 10.3. The van der Waals surface area contributed by atoms with Gasteiger partial charge < -0.3 is 10.5 Å². The van der Waals surface area contributed by atoms with Gasteiger partial charge in [-0.1, -0.05) is 0 Å². The van der Waals surface area contributed by atoms with Crippen molar-refractivity contribution in [3.05, 3.63) is 0 Å². The van der Waals surface area contributed by atoms with Crippen LogP contribution in [0.5, 0.6) is 0 Å². The third-order valence-electron chi connectivity index (χ3n) is 0.948. The lowest BCUT2D eigenvalue weighted by Crippen LogP contribution is -2.32. The molecule has 4 heteroatoms. The first kappa shape index (κ1) is 9.94. The average Bonchev–Trinajstić information content (AvgIpc) is 1.81. The Balaban J connectivity index is 3.99. The van der Waals surface area contributed by atoms with Crippen molar-refractivity contribution >= 4 is 12.3 Å². The Bertz CT molecular complexity index is 164. The molecule has 0 fully saturated rings. The number of rotatable bonds is 3. The van der Waals surface area contributed by atoms with E-state index in [1.807, 2.05) is 6.92 Å². The summed E-state index contributed by atoms with van der Waals surface area (Å²) in [6.45, 7) is 6.01. The minimum Gasteiger partial charge on any atom is -0.438 e. The van der Waals surface area contributed by atoms with Gasteiger partial charge in [-0.15, -0.1) is 0 Å². The fourth-order valence-electron chi connectivity index (χ4n) is 0.597. The smallest absolute Gasteiger partial charge is 0.405 e.